The van der Waals surface area contributed by atoms with Crippen LogP contribution in [0.3, 0.4) is 0 Å². The van der Waals surface area contributed by atoms with E-state index in [1.165, 1.54) is 12.1 Å². The summed E-state index contributed by atoms with van der Waals surface area (Å²) in [5.41, 5.74) is 2.98. The average Bonchev–Trinajstić information content (AvgIpc) is 2.45. The first-order valence-corrected chi connectivity index (χ1v) is 7.99. The molecule has 25 heavy (non-hydrogen) atoms. The molecule has 0 aliphatic heterocycles. The maximum Gasteiger partial charge on any atom is 0.416 e. The molecule has 0 radical (unpaired) electrons. The van der Waals surface area contributed by atoms with Crippen LogP contribution in [0.25, 0.3) is 0 Å². The molecule has 2 aromatic carbocycles. The van der Waals surface area contributed by atoms with Gasteiger partial charge in [-0.2, -0.15) is 13.2 Å². The molecule has 0 bridgehead atoms. The molecule has 0 saturated heterocycles. The molecule has 1 amide bonds. The summed E-state index contributed by atoms with van der Waals surface area (Å²) in [7, 11) is 1.83. The molecule has 0 aromatic heterocycles. The summed E-state index contributed by atoms with van der Waals surface area (Å²) in [5.74, 6) is -0.130. The number of anilines is 1. The maximum atomic E-state index is 12.6. The van der Waals surface area contributed by atoms with Gasteiger partial charge in [0.25, 0.3) is 5.91 Å². The highest BCUT2D eigenvalue weighted by atomic mass is 19.4. The minimum atomic E-state index is -4.33. The number of carbonyl (C=O) groups is 1. The van der Waals surface area contributed by atoms with Crippen LogP contribution in [-0.4, -0.2) is 19.5 Å². The zero-order valence-corrected chi connectivity index (χ0v) is 14.5. The summed E-state index contributed by atoms with van der Waals surface area (Å²) in [6, 6.07) is 10.9. The average molecular weight is 351 g/mol. The predicted molar refractivity (Wildman–Crippen MR) is 91.4 cm³/mol. The fourth-order valence-corrected chi connectivity index (χ4v) is 2.75. The third-order valence-electron chi connectivity index (χ3n) is 3.75. The quantitative estimate of drug-likeness (QED) is 0.853. The van der Waals surface area contributed by atoms with E-state index in [0.29, 0.717) is 6.54 Å². The van der Waals surface area contributed by atoms with Crippen LogP contribution in [0.1, 0.15) is 22.3 Å². The van der Waals surface area contributed by atoms with E-state index in [0.717, 1.165) is 39.4 Å². The van der Waals surface area contributed by atoms with Crippen molar-refractivity contribution in [2.45, 2.75) is 26.6 Å². The minimum Gasteiger partial charge on any atom is -0.326 e. The normalized spacial score (nSPS) is 12.7. The number of alkyl halides is 3. The molecule has 3 nitrogen and oxygen atoms in total. The van der Waals surface area contributed by atoms with Gasteiger partial charge in [-0.3, -0.25) is 4.79 Å². The number of quaternary nitrogens is 1. The van der Waals surface area contributed by atoms with E-state index in [-0.39, 0.29) is 12.5 Å². The van der Waals surface area contributed by atoms with Crippen LogP contribution in [0.4, 0.5) is 18.9 Å². The number of aryl methyl sites for hydroxylation is 2. The van der Waals surface area contributed by atoms with Crippen LogP contribution < -0.4 is 10.2 Å². The smallest absolute Gasteiger partial charge is 0.326 e. The highest BCUT2D eigenvalue weighted by Crippen LogP contribution is 2.28. The number of likely N-dealkylation sites (N-methyl/N-ethyl adjacent to an activating group) is 1. The standard InChI is InChI=1S/C19H21F3N2O/c1-13-8-14(2)10-17(9-13)23-18(25)12-24(3)11-15-4-6-16(7-5-15)19(20,21)22/h4-10H,11-12H2,1-3H3,(H,23,25)/p+1. The zero-order valence-electron chi connectivity index (χ0n) is 14.5. The molecule has 0 aliphatic carbocycles. The van der Waals surface area contributed by atoms with E-state index in [1.807, 2.05) is 39.1 Å². The van der Waals surface area contributed by atoms with Crippen molar-refractivity contribution in [2.75, 3.05) is 18.9 Å². The van der Waals surface area contributed by atoms with Crippen molar-refractivity contribution < 1.29 is 22.9 Å². The second kappa shape index (κ2) is 7.70. The Hall–Kier alpha value is -2.34. The largest absolute Gasteiger partial charge is 0.416 e. The lowest BCUT2D eigenvalue weighted by Gasteiger charge is -2.15. The monoisotopic (exact) mass is 351 g/mol. The van der Waals surface area contributed by atoms with Crippen molar-refractivity contribution in [1.82, 2.24) is 0 Å². The fraction of sp³-hybridized carbons (Fsp3) is 0.316. The van der Waals surface area contributed by atoms with E-state index in [9.17, 15) is 18.0 Å². The number of halogens is 3. The molecule has 2 aromatic rings. The molecular formula is C19H22F3N2O+. The van der Waals surface area contributed by atoms with E-state index in [1.54, 1.807) is 0 Å². The first kappa shape index (κ1) is 19.0. The van der Waals surface area contributed by atoms with Gasteiger partial charge in [-0.15, -0.1) is 0 Å². The number of carbonyl (C=O) groups excluding carboxylic acids is 1. The molecule has 0 spiro atoms. The van der Waals surface area contributed by atoms with Gasteiger partial charge >= 0.3 is 6.18 Å². The number of rotatable bonds is 5. The van der Waals surface area contributed by atoms with Gasteiger partial charge in [0.05, 0.1) is 12.6 Å². The summed E-state index contributed by atoms with van der Waals surface area (Å²) >= 11 is 0. The number of hydrogen-bond donors (Lipinski definition) is 2. The lowest BCUT2D eigenvalue weighted by Crippen LogP contribution is -3.08. The Morgan fingerprint density at radius 2 is 1.60 bits per heavy atom. The second-order valence-corrected chi connectivity index (χ2v) is 6.43. The molecule has 6 heteroatoms. The van der Waals surface area contributed by atoms with Crippen LogP contribution in [-0.2, 0) is 17.5 Å². The van der Waals surface area contributed by atoms with Crippen LogP contribution in [0.5, 0.6) is 0 Å². The van der Waals surface area contributed by atoms with Gasteiger partial charge < -0.3 is 10.2 Å². The zero-order chi connectivity index (χ0) is 18.6. The maximum absolute atomic E-state index is 12.6. The Labute approximate surface area is 145 Å². The SMILES string of the molecule is Cc1cc(C)cc(NC(=O)C[NH+](C)Cc2ccc(C(F)(F)F)cc2)c1. The molecule has 1 unspecified atom stereocenters. The lowest BCUT2D eigenvalue weighted by atomic mass is 10.1. The van der Waals surface area contributed by atoms with E-state index in [4.69, 9.17) is 0 Å². The van der Waals surface area contributed by atoms with Gasteiger partial charge in [0.1, 0.15) is 6.54 Å². The van der Waals surface area contributed by atoms with E-state index in [2.05, 4.69) is 5.32 Å². The molecule has 0 aliphatic rings. The van der Waals surface area contributed by atoms with Gasteiger partial charge in [-0.25, -0.2) is 0 Å². The number of nitrogens with one attached hydrogen (secondary N) is 2. The molecule has 0 fully saturated rings. The number of amides is 1. The highest BCUT2D eigenvalue weighted by Gasteiger charge is 2.30. The lowest BCUT2D eigenvalue weighted by molar-refractivity contribution is -0.885. The number of hydrogen-bond acceptors (Lipinski definition) is 1. The topological polar surface area (TPSA) is 33.5 Å². The van der Waals surface area contributed by atoms with Crippen molar-refractivity contribution in [3.8, 4) is 0 Å². The van der Waals surface area contributed by atoms with Crippen LogP contribution >= 0.6 is 0 Å². The van der Waals surface area contributed by atoms with Crippen molar-refractivity contribution in [2.24, 2.45) is 0 Å². The summed E-state index contributed by atoms with van der Waals surface area (Å²) in [5, 5.41) is 2.86. The summed E-state index contributed by atoms with van der Waals surface area (Å²) < 4.78 is 37.7. The molecule has 1 atom stereocenters. The Morgan fingerprint density at radius 3 is 2.12 bits per heavy atom. The highest BCUT2D eigenvalue weighted by molar-refractivity contribution is 5.91. The van der Waals surface area contributed by atoms with Crippen LogP contribution in [0.15, 0.2) is 42.5 Å². The third kappa shape index (κ3) is 5.90. The Balaban J connectivity index is 1.91. The van der Waals surface area contributed by atoms with Gasteiger partial charge in [0.2, 0.25) is 0 Å². The van der Waals surface area contributed by atoms with Crippen molar-refractivity contribution in [3.63, 3.8) is 0 Å². The summed E-state index contributed by atoms with van der Waals surface area (Å²) in [6.07, 6.45) is -4.33. The summed E-state index contributed by atoms with van der Waals surface area (Å²) in [6.45, 7) is 4.63. The molecular weight excluding hydrogens is 329 g/mol. The van der Waals surface area contributed by atoms with Gasteiger partial charge in [0.15, 0.2) is 6.54 Å². The third-order valence-corrected chi connectivity index (χ3v) is 3.75. The molecule has 2 N–H and O–H groups in total. The van der Waals surface area contributed by atoms with Crippen molar-refractivity contribution in [3.05, 3.63) is 64.7 Å². The number of benzene rings is 2. The molecule has 134 valence electrons. The fourth-order valence-electron chi connectivity index (χ4n) is 2.75. The Morgan fingerprint density at radius 1 is 1.04 bits per heavy atom. The van der Waals surface area contributed by atoms with Crippen LogP contribution in [0, 0.1) is 13.8 Å². The Bertz CT molecular complexity index is 719. The van der Waals surface area contributed by atoms with Crippen molar-refractivity contribution in [1.29, 1.82) is 0 Å². The van der Waals surface area contributed by atoms with Gasteiger partial charge in [-0.1, -0.05) is 18.2 Å². The van der Waals surface area contributed by atoms with E-state index >= 15 is 0 Å². The van der Waals surface area contributed by atoms with Gasteiger partial charge in [0, 0.05) is 11.3 Å². The first-order valence-electron chi connectivity index (χ1n) is 7.99. The Kier molecular flexibility index (Phi) is 5.85. The minimum absolute atomic E-state index is 0.130. The first-order chi connectivity index (χ1) is 11.6. The second-order valence-electron chi connectivity index (χ2n) is 6.43. The van der Waals surface area contributed by atoms with Crippen LogP contribution in [0.2, 0.25) is 0 Å². The molecule has 0 heterocycles. The predicted octanol–water partition coefficient (Wildman–Crippen LogP) is 2.98. The summed E-state index contributed by atoms with van der Waals surface area (Å²) in [4.78, 5) is 13.0. The van der Waals surface area contributed by atoms with Crippen molar-refractivity contribution >= 4 is 11.6 Å². The van der Waals surface area contributed by atoms with E-state index < -0.39 is 11.7 Å². The molecule has 2 rings (SSSR count). The van der Waals surface area contributed by atoms with Gasteiger partial charge in [-0.05, 0) is 49.2 Å². The molecule has 0 saturated carbocycles.